The zero-order valence-corrected chi connectivity index (χ0v) is 13.9. The molecule has 0 unspecified atom stereocenters. The molecule has 2 aliphatic heterocycles. The van der Waals surface area contributed by atoms with Gasteiger partial charge < -0.3 is 9.47 Å². The van der Waals surface area contributed by atoms with Crippen LogP contribution in [-0.2, 0) is 19.5 Å². The molecule has 5 nitrogen and oxygen atoms in total. The second kappa shape index (κ2) is 6.28. The maximum absolute atomic E-state index is 12.9. The van der Waals surface area contributed by atoms with Crippen molar-refractivity contribution < 1.29 is 17.9 Å². The summed E-state index contributed by atoms with van der Waals surface area (Å²) in [6.07, 6.45) is 0.955. The van der Waals surface area contributed by atoms with Gasteiger partial charge in [-0.05, 0) is 30.9 Å². The lowest BCUT2D eigenvalue weighted by Gasteiger charge is -2.20. The smallest absolute Gasteiger partial charge is 0.243 e. The average Bonchev–Trinajstić information content (AvgIpc) is 3.06. The Bertz CT molecular complexity index is 631. The van der Waals surface area contributed by atoms with Crippen LogP contribution in [-0.4, -0.2) is 52.2 Å². The first-order valence-corrected chi connectivity index (χ1v) is 9.14. The Morgan fingerprint density at radius 2 is 2.09 bits per heavy atom. The first kappa shape index (κ1) is 15.9. The van der Waals surface area contributed by atoms with E-state index in [1.165, 1.54) is 0 Å². The van der Waals surface area contributed by atoms with E-state index in [0.29, 0.717) is 30.5 Å². The summed E-state index contributed by atoms with van der Waals surface area (Å²) in [5.74, 6) is 0.677. The Morgan fingerprint density at radius 1 is 1.32 bits per heavy atom. The number of benzene rings is 1. The number of hydrogen-bond donors (Lipinski definition) is 0. The van der Waals surface area contributed by atoms with E-state index in [9.17, 15) is 8.42 Å². The van der Waals surface area contributed by atoms with Gasteiger partial charge in [-0.3, -0.25) is 0 Å². The van der Waals surface area contributed by atoms with Crippen LogP contribution in [0, 0.1) is 18.8 Å². The SMILES string of the molecule is COCC[C@H]1CO[C@H]2CN(S(=O)(=O)c3ccccc3C)C[C@@H]12. The largest absolute Gasteiger partial charge is 0.385 e. The van der Waals surface area contributed by atoms with Gasteiger partial charge >= 0.3 is 0 Å². The molecule has 3 rings (SSSR count). The molecule has 0 radical (unpaired) electrons. The minimum atomic E-state index is -3.43. The lowest BCUT2D eigenvalue weighted by Crippen LogP contribution is -2.32. The van der Waals surface area contributed by atoms with Crippen LogP contribution < -0.4 is 0 Å². The monoisotopic (exact) mass is 325 g/mol. The van der Waals surface area contributed by atoms with Gasteiger partial charge in [0.2, 0.25) is 10.0 Å². The molecular formula is C16H23NO4S. The molecule has 1 aromatic carbocycles. The van der Waals surface area contributed by atoms with E-state index in [2.05, 4.69) is 0 Å². The summed E-state index contributed by atoms with van der Waals surface area (Å²) in [4.78, 5) is 0.406. The highest BCUT2D eigenvalue weighted by Crippen LogP contribution is 2.37. The standard InChI is InChI=1S/C16H23NO4S/c1-12-5-3-4-6-16(12)22(18,19)17-9-14-13(7-8-20-2)11-21-15(14)10-17/h3-6,13-15H,7-11H2,1-2H3/t13-,14-,15-/m0/s1. The number of rotatable bonds is 5. The quantitative estimate of drug-likeness (QED) is 0.826. The predicted octanol–water partition coefficient (Wildman–Crippen LogP) is 1.67. The van der Waals surface area contributed by atoms with E-state index in [-0.39, 0.29) is 12.0 Å². The molecule has 1 aromatic rings. The maximum atomic E-state index is 12.9. The molecule has 2 fully saturated rings. The van der Waals surface area contributed by atoms with Crippen LogP contribution in [0.5, 0.6) is 0 Å². The van der Waals surface area contributed by atoms with Crippen molar-refractivity contribution in [1.29, 1.82) is 0 Å². The van der Waals surface area contributed by atoms with Gasteiger partial charge in [-0.1, -0.05) is 18.2 Å². The van der Waals surface area contributed by atoms with Crippen molar-refractivity contribution in [2.75, 3.05) is 33.4 Å². The molecule has 3 atom stereocenters. The van der Waals surface area contributed by atoms with E-state index >= 15 is 0 Å². The van der Waals surface area contributed by atoms with E-state index in [1.807, 2.05) is 19.1 Å². The summed E-state index contributed by atoms with van der Waals surface area (Å²) in [6.45, 7) is 4.26. The normalized spacial score (nSPS) is 28.9. The first-order chi connectivity index (χ1) is 10.5. The molecule has 2 saturated heterocycles. The Labute approximate surface area is 132 Å². The molecule has 2 aliphatic rings. The third-order valence-electron chi connectivity index (χ3n) is 4.81. The molecule has 6 heteroatoms. The summed E-state index contributed by atoms with van der Waals surface area (Å²) in [5, 5.41) is 0. The third kappa shape index (κ3) is 2.80. The van der Waals surface area contributed by atoms with Gasteiger partial charge in [-0.2, -0.15) is 4.31 Å². The van der Waals surface area contributed by atoms with Gasteiger partial charge in [0, 0.05) is 32.7 Å². The van der Waals surface area contributed by atoms with Crippen molar-refractivity contribution in [2.45, 2.75) is 24.3 Å². The molecule has 0 saturated carbocycles. The molecular weight excluding hydrogens is 302 g/mol. The zero-order chi connectivity index (χ0) is 15.7. The summed E-state index contributed by atoms with van der Waals surface area (Å²) in [5.41, 5.74) is 0.788. The van der Waals surface area contributed by atoms with E-state index in [4.69, 9.17) is 9.47 Å². The minimum absolute atomic E-state index is 0.0284. The van der Waals surface area contributed by atoms with Crippen LogP contribution >= 0.6 is 0 Å². The highest BCUT2D eigenvalue weighted by atomic mass is 32.2. The van der Waals surface area contributed by atoms with Crippen LogP contribution in [0.2, 0.25) is 0 Å². The van der Waals surface area contributed by atoms with Crippen LogP contribution in [0.25, 0.3) is 0 Å². The summed E-state index contributed by atoms with van der Waals surface area (Å²) in [6, 6.07) is 7.15. The summed E-state index contributed by atoms with van der Waals surface area (Å²) in [7, 11) is -1.74. The lowest BCUT2D eigenvalue weighted by molar-refractivity contribution is 0.100. The van der Waals surface area contributed by atoms with Gasteiger partial charge in [-0.25, -0.2) is 8.42 Å². The molecule has 0 bridgehead atoms. The molecule has 22 heavy (non-hydrogen) atoms. The number of hydrogen-bond acceptors (Lipinski definition) is 4. The molecule has 0 spiro atoms. The zero-order valence-electron chi connectivity index (χ0n) is 13.1. The minimum Gasteiger partial charge on any atom is -0.385 e. The Kier molecular flexibility index (Phi) is 4.54. The van der Waals surface area contributed by atoms with E-state index < -0.39 is 10.0 Å². The maximum Gasteiger partial charge on any atom is 0.243 e. The molecule has 2 heterocycles. The number of aryl methyl sites for hydroxylation is 1. The Balaban J connectivity index is 1.77. The van der Waals surface area contributed by atoms with Gasteiger partial charge in [-0.15, -0.1) is 0 Å². The number of ether oxygens (including phenoxy) is 2. The van der Waals surface area contributed by atoms with E-state index in [1.54, 1.807) is 23.5 Å². The van der Waals surface area contributed by atoms with Gasteiger partial charge in [0.25, 0.3) is 0 Å². The van der Waals surface area contributed by atoms with Gasteiger partial charge in [0.05, 0.1) is 17.6 Å². The van der Waals surface area contributed by atoms with Crippen LogP contribution in [0.3, 0.4) is 0 Å². The van der Waals surface area contributed by atoms with Crippen molar-refractivity contribution in [2.24, 2.45) is 11.8 Å². The fourth-order valence-electron chi connectivity index (χ4n) is 3.51. The van der Waals surface area contributed by atoms with Crippen molar-refractivity contribution in [3.8, 4) is 0 Å². The second-order valence-electron chi connectivity index (χ2n) is 6.16. The average molecular weight is 325 g/mol. The van der Waals surface area contributed by atoms with Crippen molar-refractivity contribution in [3.63, 3.8) is 0 Å². The number of sulfonamides is 1. The highest BCUT2D eigenvalue weighted by molar-refractivity contribution is 7.89. The number of fused-ring (bicyclic) bond motifs is 1. The molecule has 0 N–H and O–H groups in total. The lowest BCUT2D eigenvalue weighted by atomic mass is 9.91. The molecule has 0 aliphatic carbocycles. The topological polar surface area (TPSA) is 55.8 Å². The van der Waals surface area contributed by atoms with E-state index in [0.717, 1.165) is 18.6 Å². The number of nitrogens with zero attached hydrogens (tertiary/aromatic N) is 1. The predicted molar refractivity (Wildman–Crippen MR) is 83.2 cm³/mol. The number of methoxy groups -OCH3 is 1. The van der Waals surface area contributed by atoms with Gasteiger partial charge in [0.15, 0.2) is 0 Å². The van der Waals surface area contributed by atoms with Crippen LogP contribution in [0.4, 0.5) is 0 Å². The Morgan fingerprint density at radius 3 is 2.82 bits per heavy atom. The first-order valence-electron chi connectivity index (χ1n) is 7.70. The van der Waals surface area contributed by atoms with Crippen LogP contribution in [0.1, 0.15) is 12.0 Å². The van der Waals surface area contributed by atoms with Crippen LogP contribution in [0.15, 0.2) is 29.2 Å². The van der Waals surface area contributed by atoms with Crippen molar-refractivity contribution >= 4 is 10.0 Å². The van der Waals surface area contributed by atoms with Gasteiger partial charge in [0.1, 0.15) is 0 Å². The highest BCUT2D eigenvalue weighted by Gasteiger charge is 2.47. The summed E-state index contributed by atoms with van der Waals surface area (Å²) >= 11 is 0. The second-order valence-corrected chi connectivity index (χ2v) is 8.07. The fourth-order valence-corrected chi connectivity index (χ4v) is 5.23. The molecule has 0 aromatic heterocycles. The molecule has 0 amide bonds. The van der Waals surface area contributed by atoms with Crippen molar-refractivity contribution in [3.05, 3.63) is 29.8 Å². The Hall–Kier alpha value is -0.950. The third-order valence-corrected chi connectivity index (χ3v) is 6.80. The van der Waals surface area contributed by atoms with Crippen molar-refractivity contribution in [1.82, 2.24) is 4.31 Å². The summed E-state index contributed by atoms with van der Waals surface area (Å²) < 4.78 is 38.3. The molecule has 122 valence electrons. The fraction of sp³-hybridized carbons (Fsp3) is 0.625.